The highest BCUT2D eigenvalue weighted by Gasteiger charge is 2.18. The molecule has 1 aromatic rings. The fraction of sp³-hybridized carbons (Fsp3) is 0.533. The number of hydrogen-bond donors (Lipinski definition) is 0. The summed E-state index contributed by atoms with van der Waals surface area (Å²) < 4.78 is 0. The molecule has 0 bridgehead atoms. The van der Waals surface area contributed by atoms with Gasteiger partial charge >= 0.3 is 0 Å². The zero-order chi connectivity index (χ0) is 12.1. The summed E-state index contributed by atoms with van der Waals surface area (Å²) in [4.78, 5) is 13.1. The van der Waals surface area contributed by atoms with Gasteiger partial charge in [0.2, 0.25) is 0 Å². The summed E-state index contributed by atoms with van der Waals surface area (Å²) in [5, 5.41) is 0. The zero-order valence-corrected chi connectivity index (χ0v) is 11.3. The highest BCUT2D eigenvalue weighted by Crippen LogP contribution is 2.29. The van der Waals surface area contributed by atoms with Crippen LogP contribution in [0.1, 0.15) is 37.7 Å². The zero-order valence-electron chi connectivity index (χ0n) is 10.4. The molecule has 1 saturated carbocycles. The van der Waals surface area contributed by atoms with Crippen LogP contribution in [-0.2, 0) is 4.79 Å². The first-order chi connectivity index (χ1) is 8.25. The second-order valence-corrected chi connectivity index (χ2v) is 5.96. The monoisotopic (exact) mass is 248 g/mol. The van der Waals surface area contributed by atoms with Crippen molar-refractivity contribution in [1.82, 2.24) is 0 Å². The molecule has 0 heterocycles. The summed E-state index contributed by atoms with van der Waals surface area (Å²) in [6.07, 6.45) is 5.98. The van der Waals surface area contributed by atoms with Crippen LogP contribution in [0.25, 0.3) is 0 Å². The van der Waals surface area contributed by atoms with Crippen molar-refractivity contribution in [2.75, 3.05) is 5.75 Å². The molecule has 1 aliphatic carbocycles. The van der Waals surface area contributed by atoms with Crippen LogP contribution in [0.4, 0.5) is 0 Å². The molecule has 0 atom stereocenters. The van der Waals surface area contributed by atoms with E-state index in [0.717, 1.165) is 6.42 Å². The Morgan fingerprint density at radius 1 is 1.29 bits per heavy atom. The molecule has 1 nitrogen and oxygen atoms in total. The lowest BCUT2D eigenvalue weighted by Crippen LogP contribution is -2.07. The SMILES string of the molecule is Cc1ccccc1SCC(=O)CC1CCCC1. The predicted molar refractivity (Wildman–Crippen MR) is 73.5 cm³/mol. The minimum atomic E-state index is 0.421. The summed E-state index contributed by atoms with van der Waals surface area (Å²) >= 11 is 1.69. The topological polar surface area (TPSA) is 17.1 Å². The van der Waals surface area contributed by atoms with Crippen LogP contribution in [0.5, 0.6) is 0 Å². The van der Waals surface area contributed by atoms with Crippen LogP contribution in [0.15, 0.2) is 29.2 Å². The number of hydrogen-bond acceptors (Lipinski definition) is 2. The van der Waals surface area contributed by atoms with Crippen molar-refractivity contribution in [2.45, 2.75) is 43.9 Å². The minimum Gasteiger partial charge on any atom is -0.299 e. The Morgan fingerprint density at radius 2 is 2.00 bits per heavy atom. The molecule has 0 saturated heterocycles. The van der Waals surface area contributed by atoms with E-state index in [0.29, 0.717) is 17.5 Å². The lowest BCUT2D eigenvalue weighted by Gasteiger charge is -2.08. The van der Waals surface area contributed by atoms with E-state index >= 15 is 0 Å². The van der Waals surface area contributed by atoms with Gasteiger partial charge < -0.3 is 0 Å². The molecule has 2 rings (SSSR count). The molecule has 0 aromatic heterocycles. The first-order valence-corrected chi connectivity index (χ1v) is 7.44. The van der Waals surface area contributed by atoms with Crippen molar-refractivity contribution in [3.8, 4) is 0 Å². The quantitative estimate of drug-likeness (QED) is 0.725. The second-order valence-electron chi connectivity index (χ2n) is 4.95. The van der Waals surface area contributed by atoms with Gasteiger partial charge in [0.25, 0.3) is 0 Å². The summed E-state index contributed by atoms with van der Waals surface area (Å²) in [5.41, 5.74) is 1.27. The number of thioether (sulfide) groups is 1. The fourth-order valence-electron chi connectivity index (χ4n) is 2.47. The number of carbonyl (C=O) groups is 1. The molecule has 2 heteroatoms. The average Bonchev–Trinajstić information content (AvgIpc) is 2.81. The molecule has 17 heavy (non-hydrogen) atoms. The Balaban J connectivity index is 1.77. The lowest BCUT2D eigenvalue weighted by atomic mass is 10.0. The van der Waals surface area contributed by atoms with Crippen LogP contribution in [0.3, 0.4) is 0 Å². The second kappa shape index (κ2) is 6.25. The Hall–Kier alpha value is -0.760. The molecule has 0 aliphatic heterocycles. The number of carbonyl (C=O) groups excluding carboxylic acids is 1. The van der Waals surface area contributed by atoms with Gasteiger partial charge in [-0.15, -0.1) is 11.8 Å². The van der Waals surface area contributed by atoms with Gasteiger partial charge in [0.1, 0.15) is 5.78 Å². The summed E-state index contributed by atoms with van der Waals surface area (Å²) in [7, 11) is 0. The first-order valence-electron chi connectivity index (χ1n) is 6.46. The summed E-state index contributed by atoms with van der Waals surface area (Å²) in [6.45, 7) is 2.10. The van der Waals surface area contributed by atoms with Crippen LogP contribution in [0, 0.1) is 12.8 Å². The highest BCUT2D eigenvalue weighted by molar-refractivity contribution is 8.00. The normalized spacial score (nSPS) is 16.3. The van der Waals surface area contributed by atoms with Crippen LogP contribution < -0.4 is 0 Å². The third kappa shape index (κ3) is 3.88. The maximum atomic E-state index is 11.9. The van der Waals surface area contributed by atoms with E-state index < -0.39 is 0 Å². The van der Waals surface area contributed by atoms with E-state index in [1.165, 1.54) is 36.1 Å². The molecule has 0 spiro atoms. The third-order valence-corrected chi connectivity index (χ3v) is 4.71. The fourth-order valence-corrected chi connectivity index (χ4v) is 3.38. The standard InChI is InChI=1S/C15H20OS/c1-12-6-2-5-9-15(12)17-11-14(16)10-13-7-3-4-8-13/h2,5-6,9,13H,3-4,7-8,10-11H2,1H3. The molecule has 0 radical (unpaired) electrons. The molecule has 92 valence electrons. The minimum absolute atomic E-state index is 0.421. The van der Waals surface area contributed by atoms with Crippen molar-refractivity contribution < 1.29 is 4.79 Å². The molecule has 1 fully saturated rings. The van der Waals surface area contributed by atoms with Crippen molar-refractivity contribution in [1.29, 1.82) is 0 Å². The van der Waals surface area contributed by atoms with Gasteiger partial charge in [0.15, 0.2) is 0 Å². The van der Waals surface area contributed by atoms with Crippen molar-refractivity contribution >= 4 is 17.5 Å². The lowest BCUT2D eigenvalue weighted by molar-refractivity contribution is -0.117. The molecule has 0 N–H and O–H groups in total. The molecular formula is C15H20OS. The Bertz CT molecular complexity index is 380. The predicted octanol–water partition coefficient (Wildman–Crippen LogP) is 4.24. The van der Waals surface area contributed by atoms with Crippen LogP contribution in [-0.4, -0.2) is 11.5 Å². The smallest absolute Gasteiger partial charge is 0.143 e. The van der Waals surface area contributed by atoms with E-state index in [4.69, 9.17) is 0 Å². The maximum Gasteiger partial charge on any atom is 0.143 e. The Kier molecular flexibility index (Phi) is 4.66. The highest BCUT2D eigenvalue weighted by atomic mass is 32.2. The Morgan fingerprint density at radius 3 is 2.71 bits per heavy atom. The van der Waals surface area contributed by atoms with Gasteiger partial charge in [-0.3, -0.25) is 4.79 Å². The van der Waals surface area contributed by atoms with E-state index in [1.807, 2.05) is 12.1 Å². The van der Waals surface area contributed by atoms with Crippen molar-refractivity contribution in [2.24, 2.45) is 5.92 Å². The maximum absolute atomic E-state index is 11.9. The summed E-state index contributed by atoms with van der Waals surface area (Å²) in [5.74, 6) is 1.74. The number of ketones is 1. The Labute approximate surface area is 108 Å². The van der Waals surface area contributed by atoms with Crippen LogP contribution >= 0.6 is 11.8 Å². The largest absolute Gasteiger partial charge is 0.299 e. The van der Waals surface area contributed by atoms with E-state index in [1.54, 1.807) is 11.8 Å². The van der Waals surface area contributed by atoms with E-state index in [2.05, 4.69) is 19.1 Å². The first kappa shape index (κ1) is 12.7. The van der Waals surface area contributed by atoms with Crippen molar-refractivity contribution in [3.63, 3.8) is 0 Å². The van der Waals surface area contributed by atoms with E-state index in [-0.39, 0.29) is 0 Å². The third-order valence-electron chi connectivity index (χ3n) is 3.47. The van der Waals surface area contributed by atoms with E-state index in [9.17, 15) is 4.79 Å². The van der Waals surface area contributed by atoms with Gasteiger partial charge in [-0.25, -0.2) is 0 Å². The van der Waals surface area contributed by atoms with Crippen LogP contribution in [0.2, 0.25) is 0 Å². The molecular weight excluding hydrogens is 228 g/mol. The average molecular weight is 248 g/mol. The van der Waals surface area contributed by atoms with Gasteiger partial charge in [0, 0.05) is 11.3 Å². The molecule has 1 aliphatic rings. The van der Waals surface area contributed by atoms with Gasteiger partial charge in [-0.05, 0) is 24.5 Å². The number of aryl methyl sites for hydroxylation is 1. The number of rotatable bonds is 5. The number of benzene rings is 1. The summed E-state index contributed by atoms with van der Waals surface area (Å²) in [6, 6.07) is 8.28. The molecule has 1 aromatic carbocycles. The van der Waals surface area contributed by atoms with Gasteiger partial charge in [-0.1, -0.05) is 43.9 Å². The number of Topliss-reactive ketones (excluding diaryl/α,β-unsaturated/α-hetero) is 1. The molecule has 0 amide bonds. The van der Waals surface area contributed by atoms with Gasteiger partial charge in [-0.2, -0.15) is 0 Å². The van der Waals surface area contributed by atoms with Gasteiger partial charge in [0.05, 0.1) is 5.75 Å². The molecule has 0 unspecified atom stereocenters. The van der Waals surface area contributed by atoms with Crippen molar-refractivity contribution in [3.05, 3.63) is 29.8 Å².